The van der Waals surface area contributed by atoms with Crippen LogP contribution in [-0.2, 0) is 14.4 Å². The molecule has 2 rings (SSSR count). The zero-order chi connectivity index (χ0) is 13.8. The summed E-state index contributed by atoms with van der Waals surface area (Å²) in [6.07, 6.45) is -0.172. The van der Waals surface area contributed by atoms with Gasteiger partial charge in [0.25, 0.3) is 0 Å². The van der Waals surface area contributed by atoms with Gasteiger partial charge in [-0.3, -0.25) is 19.3 Å². The molecule has 0 aromatic carbocycles. The lowest BCUT2D eigenvalue weighted by molar-refractivity contribution is -0.149. The van der Waals surface area contributed by atoms with Gasteiger partial charge in [-0.25, -0.2) is 0 Å². The van der Waals surface area contributed by atoms with Crippen molar-refractivity contribution >= 4 is 17.8 Å². The Morgan fingerprint density at radius 1 is 1.28 bits per heavy atom. The predicted molar refractivity (Wildman–Crippen MR) is 63.5 cm³/mol. The van der Waals surface area contributed by atoms with Crippen LogP contribution in [0.4, 0.5) is 0 Å². The number of carbonyl (C=O) groups excluding carboxylic acids is 2. The van der Waals surface area contributed by atoms with Gasteiger partial charge >= 0.3 is 5.97 Å². The van der Waals surface area contributed by atoms with Crippen LogP contribution in [0.3, 0.4) is 0 Å². The van der Waals surface area contributed by atoms with Crippen molar-refractivity contribution in [3.8, 4) is 0 Å². The van der Waals surface area contributed by atoms with Gasteiger partial charge in [-0.05, 0) is 11.3 Å². The summed E-state index contributed by atoms with van der Waals surface area (Å²) in [6, 6.07) is -0.522. The topological polar surface area (TPSA) is 74.7 Å². The van der Waals surface area contributed by atoms with Crippen molar-refractivity contribution < 1.29 is 19.5 Å². The number of carboxylic acids is 1. The van der Waals surface area contributed by atoms with Crippen molar-refractivity contribution in [1.82, 2.24) is 4.90 Å². The normalized spacial score (nSPS) is 30.6. The first-order chi connectivity index (χ1) is 8.19. The third kappa shape index (κ3) is 1.64. The minimum atomic E-state index is -0.978. The monoisotopic (exact) mass is 253 g/mol. The highest BCUT2D eigenvalue weighted by Crippen LogP contribution is 2.63. The Bertz CT molecular complexity index is 403. The van der Waals surface area contributed by atoms with Gasteiger partial charge in [-0.15, -0.1) is 0 Å². The highest BCUT2D eigenvalue weighted by atomic mass is 16.4. The molecule has 5 nitrogen and oxygen atoms in total. The highest BCUT2D eigenvalue weighted by molar-refractivity contribution is 6.10. The molecule has 2 aliphatic rings. The number of fused-ring (bicyclic) bond motifs is 1. The molecule has 0 aromatic heterocycles. The van der Waals surface area contributed by atoms with E-state index < -0.39 is 12.0 Å². The summed E-state index contributed by atoms with van der Waals surface area (Å²) < 4.78 is 0. The van der Waals surface area contributed by atoms with Crippen LogP contribution in [0.1, 0.15) is 34.1 Å². The maximum absolute atomic E-state index is 12.2. The molecule has 2 fully saturated rings. The molecule has 100 valence electrons. The van der Waals surface area contributed by atoms with Gasteiger partial charge in [0.05, 0.1) is 24.3 Å². The molecular formula is C13H19NO4. The molecule has 2 amide bonds. The van der Waals surface area contributed by atoms with Crippen LogP contribution in [0.25, 0.3) is 0 Å². The van der Waals surface area contributed by atoms with Gasteiger partial charge in [-0.1, -0.05) is 27.7 Å². The number of amides is 2. The van der Waals surface area contributed by atoms with E-state index in [0.29, 0.717) is 0 Å². The second-order valence-corrected chi connectivity index (χ2v) is 6.23. The van der Waals surface area contributed by atoms with Gasteiger partial charge in [0.15, 0.2) is 0 Å². The lowest BCUT2D eigenvalue weighted by Gasteiger charge is -2.31. The number of carbonyl (C=O) groups is 3. The molecule has 1 heterocycles. The molecule has 18 heavy (non-hydrogen) atoms. The second-order valence-electron chi connectivity index (χ2n) is 6.23. The summed E-state index contributed by atoms with van der Waals surface area (Å²) in [5, 5.41) is 8.90. The Hall–Kier alpha value is -1.39. The second kappa shape index (κ2) is 3.80. The summed E-state index contributed by atoms with van der Waals surface area (Å²) in [7, 11) is 0. The number of hydrogen-bond donors (Lipinski definition) is 1. The van der Waals surface area contributed by atoms with Gasteiger partial charge in [-0.2, -0.15) is 0 Å². The Morgan fingerprint density at radius 2 is 1.72 bits per heavy atom. The number of piperidine rings is 1. The molecule has 0 aromatic rings. The number of hydrogen-bond acceptors (Lipinski definition) is 3. The summed E-state index contributed by atoms with van der Waals surface area (Å²) in [5.74, 6) is -1.87. The average Bonchev–Trinajstić information content (AvgIpc) is 2.66. The van der Waals surface area contributed by atoms with Crippen LogP contribution in [-0.4, -0.2) is 33.8 Å². The molecule has 3 unspecified atom stereocenters. The van der Waals surface area contributed by atoms with E-state index in [1.54, 1.807) is 0 Å². The standard InChI is InChI=1S/C13H19NO4/c1-6(2)7(5-8(15)16)14-11(17)9-10(12(14)18)13(9,3)4/h6-7,9-10H,5H2,1-4H3,(H,15,16). The van der Waals surface area contributed by atoms with Crippen LogP contribution in [0.15, 0.2) is 0 Å². The number of aliphatic carboxylic acids is 1. The van der Waals surface area contributed by atoms with Crippen LogP contribution >= 0.6 is 0 Å². The van der Waals surface area contributed by atoms with Crippen LogP contribution in [0.5, 0.6) is 0 Å². The lowest BCUT2D eigenvalue weighted by atomic mass is 9.96. The molecule has 0 spiro atoms. The maximum atomic E-state index is 12.2. The van der Waals surface area contributed by atoms with Gasteiger partial charge in [0, 0.05) is 0 Å². The van der Waals surface area contributed by atoms with Crippen LogP contribution in [0.2, 0.25) is 0 Å². The fourth-order valence-corrected chi connectivity index (χ4v) is 3.10. The van der Waals surface area contributed by atoms with Gasteiger partial charge in [0.1, 0.15) is 0 Å². The summed E-state index contributed by atoms with van der Waals surface area (Å²) in [6.45, 7) is 7.50. The van der Waals surface area contributed by atoms with Gasteiger partial charge in [0.2, 0.25) is 11.8 Å². The first kappa shape index (κ1) is 13.1. The third-order valence-corrected chi connectivity index (χ3v) is 4.32. The zero-order valence-corrected chi connectivity index (χ0v) is 11.1. The number of nitrogens with zero attached hydrogens (tertiary/aromatic N) is 1. The Kier molecular flexibility index (Phi) is 2.76. The third-order valence-electron chi connectivity index (χ3n) is 4.32. The van der Waals surface area contributed by atoms with E-state index in [1.807, 2.05) is 27.7 Å². The Balaban J connectivity index is 2.22. The van der Waals surface area contributed by atoms with Crippen molar-refractivity contribution in [2.75, 3.05) is 0 Å². The minimum Gasteiger partial charge on any atom is -0.481 e. The smallest absolute Gasteiger partial charge is 0.305 e. The first-order valence-corrected chi connectivity index (χ1v) is 6.28. The molecule has 0 bridgehead atoms. The molecule has 0 radical (unpaired) electrons. The number of likely N-dealkylation sites (tertiary alicyclic amines) is 1. The fraction of sp³-hybridized carbons (Fsp3) is 0.769. The average molecular weight is 253 g/mol. The zero-order valence-electron chi connectivity index (χ0n) is 11.1. The molecule has 1 saturated carbocycles. The van der Waals surface area contributed by atoms with Crippen molar-refractivity contribution in [2.24, 2.45) is 23.2 Å². The lowest BCUT2D eigenvalue weighted by Crippen LogP contribution is -2.47. The van der Waals surface area contributed by atoms with Crippen molar-refractivity contribution in [3.05, 3.63) is 0 Å². The predicted octanol–water partition coefficient (Wildman–Crippen LogP) is 1.13. The summed E-state index contributed by atoms with van der Waals surface area (Å²) >= 11 is 0. The largest absolute Gasteiger partial charge is 0.481 e. The quantitative estimate of drug-likeness (QED) is 0.762. The Morgan fingerprint density at radius 3 is 2.06 bits per heavy atom. The molecule has 1 aliphatic heterocycles. The molecule has 1 aliphatic carbocycles. The highest BCUT2D eigenvalue weighted by Gasteiger charge is 2.73. The summed E-state index contributed by atoms with van der Waals surface area (Å²) in [5.41, 5.74) is -0.241. The molecular weight excluding hydrogens is 234 g/mol. The number of carboxylic acid groups (broad SMARTS) is 1. The van der Waals surface area contributed by atoms with E-state index >= 15 is 0 Å². The molecule has 1 N–H and O–H groups in total. The van der Waals surface area contributed by atoms with Crippen molar-refractivity contribution in [1.29, 1.82) is 0 Å². The SMILES string of the molecule is CC(C)C(CC(=O)O)N1C(=O)C2C(C1=O)C2(C)C. The van der Waals surface area contributed by atoms with E-state index in [-0.39, 0.29) is 41.4 Å². The van der Waals surface area contributed by atoms with E-state index in [4.69, 9.17) is 5.11 Å². The molecule has 1 saturated heterocycles. The van der Waals surface area contributed by atoms with E-state index in [2.05, 4.69) is 0 Å². The fourth-order valence-electron chi connectivity index (χ4n) is 3.10. The van der Waals surface area contributed by atoms with E-state index in [0.717, 1.165) is 0 Å². The number of imide groups is 1. The maximum Gasteiger partial charge on any atom is 0.305 e. The minimum absolute atomic E-state index is 0.0467. The van der Waals surface area contributed by atoms with Crippen molar-refractivity contribution in [3.63, 3.8) is 0 Å². The summed E-state index contributed by atoms with van der Waals surface area (Å²) in [4.78, 5) is 36.5. The molecule has 5 heteroatoms. The number of rotatable bonds is 4. The van der Waals surface area contributed by atoms with E-state index in [9.17, 15) is 14.4 Å². The van der Waals surface area contributed by atoms with E-state index in [1.165, 1.54) is 4.90 Å². The van der Waals surface area contributed by atoms with Gasteiger partial charge < -0.3 is 5.11 Å². The first-order valence-electron chi connectivity index (χ1n) is 6.28. The molecule has 3 atom stereocenters. The Labute approximate surface area is 106 Å². The van der Waals surface area contributed by atoms with Crippen molar-refractivity contribution in [2.45, 2.75) is 40.2 Å². The van der Waals surface area contributed by atoms with Crippen LogP contribution < -0.4 is 0 Å². The van der Waals surface area contributed by atoms with Crippen LogP contribution in [0, 0.1) is 23.2 Å².